The minimum atomic E-state index is -0.530. The van der Waals surface area contributed by atoms with Gasteiger partial charge in [-0.1, -0.05) is 252 Å². The van der Waals surface area contributed by atoms with Crippen molar-refractivity contribution < 1.29 is 0 Å². The third-order valence-corrected chi connectivity index (χ3v) is 19.4. The lowest BCUT2D eigenvalue weighted by atomic mass is 9.43. The average Bonchev–Trinajstić information content (AvgIpc) is 2.41. The molecule has 0 heteroatoms. The van der Waals surface area contributed by atoms with Crippen molar-refractivity contribution in [1.29, 1.82) is 0 Å². The second-order valence-electron chi connectivity index (χ2n) is 22.4. The van der Waals surface area contributed by atoms with Crippen molar-refractivity contribution in [3.63, 3.8) is 0 Å². The van der Waals surface area contributed by atoms with Gasteiger partial charge in [-0.3, -0.25) is 0 Å². The first-order valence-electron chi connectivity index (χ1n) is 26.8. The van der Waals surface area contributed by atoms with Crippen LogP contribution in [0.25, 0.3) is 77.9 Å². The highest BCUT2D eigenvalue weighted by molar-refractivity contribution is 5.95. The molecule has 4 aliphatic rings. The van der Waals surface area contributed by atoms with Gasteiger partial charge in [0.2, 0.25) is 0 Å². The van der Waals surface area contributed by atoms with E-state index in [9.17, 15) is 0 Å². The maximum atomic E-state index is 2.69. The van der Waals surface area contributed by atoms with E-state index >= 15 is 0 Å². The van der Waals surface area contributed by atoms with Crippen LogP contribution >= 0.6 is 0 Å². The van der Waals surface area contributed by atoms with Gasteiger partial charge in [0.05, 0.1) is 0 Å². The molecule has 0 nitrogen and oxygen atoms in total. The maximum Gasteiger partial charge on any atom is 0.0272 e. The molecule has 1 spiro atoms. The Morgan fingerprint density at radius 2 is 0.373 bits per heavy atom. The number of benzene rings is 11. The van der Waals surface area contributed by atoms with Crippen LogP contribution in [0, 0.1) is 5.41 Å². The summed E-state index contributed by atoms with van der Waals surface area (Å²) in [7, 11) is 0. The van der Waals surface area contributed by atoms with Crippen LogP contribution in [0.15, 0.2) is 267 Å². The first-order valence-corrected chi connectivity index (χ1v) is 26.8. The van der Waals surface area contributed by atoms with Gasteiger partial charge in [0.1, 0.15) is 0 Å². The average molecular weight is 957 g/mol. The molecular weight excluding hydrogens is 901 g/mol. The molecule has 11 aromatic rings. The van der Waals surface area contributed by atoms with E-state index in [1.54, 1.807) is 0 Å². The zero-order valence-electron chi connectivity index (χ0n) is 42.9. The molecule has 2 unspecified atom stereocenters. The Morgan fingerprint density at radius 1 is 0.173 bits per heavy atom. The van der Waals surface area contributed by atoms with Crippen molar-refractivity contribution >= 4 is 0 Å². The Hall–Kier alpha value is -8.58. The van der Waals surface area contributed by atoms with Crippen LogP contribution in [0.2, 0.25) is 0 Å². The molecule has 0 aromatic heterocycles. The first kappa shape index (κ1) is 44.0. The lowest BCUT2D eigenvalue weighted by Crippen LogP contribution is -2.60. The van der Waals surface area contributed by atoms with Gasteiger partial charge in [-0.15, -0.1) is 0 Å². The standard InChI is InChI=1S/C75H56/c1-71-63-41-40-56(49-26-12-5-13-27-49)42-64(63)72(2)67-45-59(52-32-18-8-19-33-52)60(53-34-20-9-21-35-53)46-68(67)74(4)70-48-62(55-38-24-11-25-39-55)61(54-36-22-10-23-37-54)47-69(70)73(3,75(71,72)74)66-44-58(51-30-16-7-17-31-51)57(43-65(66)71)50-28-14-6-15-29-50/h5-48H,1-4H3/t71?,72-,73+,74+,75?/m0/s1. The van der Waals surface area contributed by atoms with Gasteiger partial charge in [-0.25, -0.2) is 0 Å². The van der Waals surface area contributed by atoms with Gasteiger partial charge < -0.3 is 0 Å². The topological polar surface area (TPSA) is 0 Å². The summed E-state index contributed by atoms with van der Waals surface area (Å²) in [6.07, 6.45) is 0. The molecule has 0 heterocycles. The van der Waals surface area contributed by atoms with E-state index in [0.717, 1.165) is 0 Å². The van der Waals surface area contributed by atoms with E-state index in [0.29, 0.717) is 0 Å². The van der Waals surface area contributed by atoms with Gasteiger partial charge in [0.15, 0.2) is 0 Å². The lowest BCUT2D eigenvalue weighted by molar-refractivity contribution is 0.0253. The Kier molecular flexibility index (Phi) is 9.21. The molecule has 0 radical (unpaired) electrons. The van der Waals surface area contributed by atoms with E-state index in [4.69, 9.17) is 0 Å². The third-order valence-electron chi connectivity index (χ3n) is 19.4. The monoisotopic (exact) mass is 956 g/mol. The van der Waals surface area contributed by atoms with Crippen molar-refractivity contribution in [3.8, 4) is 77.9 Å². The van der Waals surface area contributed by atoms with Crippen LogP contribution in [0.4, 0.5) is 0 Å². The van der Waals surface area contributed by atoms with Gasteiger partial charge in [-0.05, 0) is 165 Å². The summed E-state index contributed by atoms with van der Waals surface area (Å²) in [6, 6.07) is 102. The molecule has 0 saturated heterocycles. The number of hydrogen-bond donors (Lipinski definition) is 0. The minimum Gasteiger partial charge on any atom is -0.0622 e. The quantitative estimate of drug-likeness (QED) is 0.149. The molecule has 0 aliphatic heterocycles. The normalized spacial score (nSPS) is 22.9. The minimum absolute atomic E-state index is 0.498. The summed E-state index contributed by atoms with van der Waals surface area (Å²) in [5.74, 6) is 0. The Balaban J connectivity index is 1.17. The van der Waals surface area contributed by atoms with Gasteiger partial charge in [0, 0.05) is 27.1 Å². The van der Waals surface area contributed by atoms with Crippen LogP contribution in [0.1, 0.15) is 72.2 Å². The highest BCUT2D eigenvalue weighted by atomic mass is 14.9. The molecule has 4 aliphatic carbocycles. The summed E-state index contributed by atoms with van der Waals surface area (Å²) >= 11 is 0. The largest absolute Gasteiger partial charge is 0.0622 e. The highest BCUT2D eigenvalue weighted by Crippen LogP contribution is 2.90. The summed E-state index contributed by atoms with van der Waals surface area (Å²) in [6.45, 7) is 10.8. The zero-order valence-corrected chi connectivity index (χ0v) is 42.9. The molecule has 11 aromatic carbocycles. The molecule has 0 N–H and O–H groups in total. The first-order chi connectivity index (χ1) is 36.7. The van der Waals surface area contributed by atoms with Crippen molar-refractivity contribution in [1.82, 2.24) is 0 Å². The zero-order chi connectivity index (χ0) is 50.3. The van der Waals surface area contributed by atoms with Crippen LogP contribution in [0.5, 0.6) is 0 Å². The van der Waals surface area contributed by atoms with Crippen LogP contribution in [-0.2, 0) is 21.7 Å². The lowest BCUT2D eigenvalue weighted by Gasteiger charge is -2.57. The second-order valence-corrected chi connectivity index (χ2v) is 22.4. The molecule has 15 rings (SSSR count). The molecule has 0 fully saturated rings. The molecule has 5 atom stereocenters. The summed E-state index contributed by atoms with van der Waals surface area (Å²) < 4.78 is 0. The fourth-order valence-electron chi connectivity index (χ4n) is 16.8. The Morgan fingerprint density at radius 3 is 0.613 bits per heavy atom. The van der Waals surface area contributed by atoms with E-state index in [1.807, 2.05) is 0 Å². The fourth-order valence-corrected chi connectivity index (χ4v) is 16.8. The SMILES string of the molecule is CC12c3ccc(-c4ccccc4)cc3[C@@]3(C)c4cc(-c5ccccc5)c(-c5ccccc5)cc4[C@]4(C)c5cc(-c6ccccc6)c(-c6ccccc6)cc5[C@@](C)(c5cc(-c6ccccc6)c(-c6ccccc6)cc51)C243. The van der Waals surface area contributed by atoms with Crippen LogP contribution < -0.4 is 0 Å². The molecular formula is C75H56. The number of hydrogen-bond acceptors (Lipinski definition) is 0. The van der Waals surface area contributed by atoms with E-state index < -0.39 is 27.1 Å². The van der Waals surface area contributed by atoms with Gasteiger partial charge in [-0.2, -0.15) is 0 Å². The Bertz CT molecular complexity index is 3950. The van der Waals surface area contributed by atoms with Crippen molar-refractivity contribution in [2.24, 2.45) is 5.41 Å². The highest BCUT2D eigenvalue weighted by Gasteiger charge is 2.89. The molecule has 75 heavy (non-hydrogen) atoms. The van der Waals surface area contributed by atoms with Crippen molar-refractivity contribution in [3.05, 3.63) is 311 Å². The van der Waals surface area contributed by atoms with E-state index in [-0.39, 0.29) is 0 Å². The van der Waals surface area contributed by atoms with Crippen LogP contribution in [0.3, 0.4) is 0 Å². The molecule has 356 valence electrons. The Labute approximate surface area is 441 Å². The number of fused-ring (bicyclic) bond motifs is 12. The molecule has 0 amide bonds. The second kappa shape index (κ2) is 15.7. The predicted octanol–water partition coefficient (Wildman–Crippen LogP) is 18.9. The van der Waals surface area contributed by atoms with E-state index in [2.05, 4.69) is 295 Å². The van der Waals surface area contributed by atoms with Crippen molar-refractivity contribution in [2.45, 2.75) is 49.4 Å². The van der Waals surface area contributed by atoms with Crippen LogP contribution in [-0.4, -0.2) is 0 Å². The fraction of sp³-hybridized carbons (Fsp3) is 0.120. The third kappa shape index (κ3) is 5.42. The van der Waals surface area contributed by atoms with Gasteiger partial charge >= 0.3 is 0 Å². The number of rotatable bonds is 7. The predicted molar refractivity (Wildman–Crippen MR) is 312 cm³/mol. The maximum absolute atomic E-state index is 2.69. The molecule has 0 saturated carbocycles. The van der Waals surface area contributed by atoms with E-state index in [1.165, 1.54) is 122 Å². The molecule has 0 bridgehead atoms. The summed E-state index contributed by atoms with van der Waals surface area (Å²) in [4.78, 5) is 0. The van der Waals surface area contributed by atoms with Crippen molar-refractivity contribution in [2.75, 3.05) is 0 Å². The van der Waals surface area contributed by atoms with Gasteiger partial charge in [0.25, 0.3) is 0 Å². The summed E-state index contributed by atoms with van der Waals surface area (Å²) in [5.41, 5.74) is 26.4. The smallest absolute Gasteiger partial charge is 0.0272 e. The summed E-state index contributed by atoms with van der Waals surface area (Å²) in [5, 5.41) is 0.